The first-order valence-corrected chi connectivity index (χ1v) is 7.93. The van der Waals surface area contributed by atoms with Gasteiger partial charge in [0.2, 0.25) is 5.88 Å². The van der Waals surface area contributed by atoms with Crippen LogP contribution in [0.3, 0.4) is 0 Å². The first-order valence-electron chi connectivity index (χ1n) is 7.55. The quantitative estimate of drug-likeness (QED) is 0.904. The lowest BCUT2D eigenvalue weighted by Crippen LogP contribution is -2.35. The Kier molecular flexibility index (Phi) is 5.85. The van der Waals surface area contributed by atoms with Crippen molar-refractivity contribution in [2.75, 3.05) is 19.8 Å². The van der Waals surface area contributed by atoms with Crippen molar-refractivity contribution in [2.24, 2.45) is 5.92 Å². The minimum absolute atomic E-state index is 0.0317. The minimum Gasteiger partial charge on any atom is -0.477 e. The monoisotopic (exact) mass is 312 g/mol. The number of ether oxygens (including phenoxy) is 2. The highest BCUT2D eigenvalue weighted by molar-refractivity contribution is 6.31. The largest absolute Gasteiger partial charge is 0.477 e. The van der Waals surface area contributed by atoms with E-state index in [0.717, 1.165) is 31.7 Å². The molecule has 0 radical (unpaired) electrons. The van der Waals surface area contributed by atoms with Crippen LogP contribution in [-0.2, 0) is 11.3 Å². The zero-order valence-electron chi connectivity index (χ0n) is 13.1. The molecule has 0 aliphatic carbocycles. The summed E-state index contributed by atoms with van der Waals surface area (Å²) < 4.78 is 11.2. The van der Waals surface area contributed by atoms with Crippen LogP contribution >= 0.6 is 11.6 Å². The summed E-state index contributed by atoms with van der Waals surface area (Å²) in [6.07, 6.45) is 2.12. The molecule has 1 aromatic rings. The third kappa shape index (κ3) is 5.81. The van der Waals surface area contributed by atoms with Crippen molar-refractivity contribution in [3.8, 4) is 5.88 Å². The predicted octanol–water partition coefficient (Wildman–Crippen LogP) is 3.43. The highest BCUT2D eigenvalue weighted by Gasteiger charge is 2.15. The van der Waals surface area contributed by atoms with Gasteiger partial charge in [-0.3, -0.25) is 0 Å². The molecule has 0 amide bonds. The Morgan fingerprint density at radius 2 is 2.05 bits per heavy atom. The van der Waals surface area contributed by atoms with Crippen molar-refractivity contribution in [3.63, 3.8) is 0 Å². The molecule has 1 aliphatic rings. The average Bonchev–Trinajstić information content (AvgIpc) is 2.45. The van der Waals surface area contributed by atoms with E-state index in [-0.39, 0.29) is 5.54 Å². The number of hydrogen-bond donors (Lipinski definition) is 1. The highest BCUT2D eigenvalue weighted by atomic mass is 35.5. The number of nitrogens with one attached hydrogen (secondary N) is 1. The van der Waals surface area contributed by atoms with Crippen molar-refractivity contribution in [1.29, 1.82) is 0 Å². The molecule has 1 N–H and O–H groups in total. The van der Waals surface area contributed by atoms with Crippen molar-refractivity contribution >= 4 is 11.6 Å². The topological polar surface area (TPSA) is 43.4 Å². The summed E-state index contributed by atoms with van der Waals surface area (Å²) in [4.78, 5) is 4.51. The Morgan fingerprint density at radius 3 is 2.71 bits per heavy atom. The van der Waals surface area contributed by atoms with Gasteiger partial charge in [-0.2, -0.15) is 0 Å². The number of hydrogen-bond acceptors (Lipinski definition) is 4. The molecule has 0 saturated carbocycles. The van der Waals surface area contributed by atoms with Gasteiger partial charge in [-0.15, -0.1) is 0 Å². The summed E-state index contributed by atoms with van der Waals surface area (Å²) in [5.74, 6) is 1.21. The smallest absolute Gasteiger partial charge is 0.213 e. The van der Waals surface area contributed by atoms with Crippen molar-refractivity contribution in [2.45, 2.75) is 45.7 Å². The van der Waals surface area contributed by atoms with Crippen molar-refractivity contribution in [3.05, 3.63) is 22.8 Å². The average molecular weight is 313 g/mol. The van der Waals surface area contributed by atoms with E-state index in [0.29, 0.717) is 30.0 Å². The molecule has 1 aliphatic heterocycles. The third-order valence-corrected chi connectivity index (χ3v) is 3.83. The van der Waals surface area contributed by atoms with Gasteiger partial charge in [-0.25, -0.2) is 4.98 Å². The summed E-state index contributed by atoms with van der Waals surface area (Å²) in [5.41, 5.74) is 0.861. The standard InChI is InChI=1S/C16H25ClN2O2/c1-16(2,3)18-10-14-13(17)4-5-15(19-14)21-11-12-6-8-20-9-7-12/h4-5,12,18H,6-11H2,1-3H3. The maximum Gasteiger partial charge on any atom is 0.213 e. The SMILES string of the molecule is CC(C)(C)NCc1nc(OCC2CCOCC2)ccc1Cl. The second-order valence-corrected chi connectivity index (χ2v) is 6.96. The van der Waals surface area contributed by atoms with Gasteiger partial charge >= 0.3 is 0 Å². The number of pyridine rings is 1. The predicted molar refractivity (Wildman–Crippen MR) is 84.9 cm³/mol. The molecule has 5 heteroatoms. The highest BCUT2D eigenvalue weighted by Crippen LogP contribution is 2.21. The normalized spacial score (nSPS) is 17.0. The van der Waals surface area contributed by atoms with Crippen LogP contribution in [0, 0.1) is 5.92 Å². The maximum absolute atomic E-state index is 6.20. The molecule has 0 atom stereocenters. The van der Waals surface area contributed by atoms with Gasteiger partial charge in [-0.05, 0) is 45.6 Å². The summed E-state index contributed by atoms with van der Waals surface area (Å²) in [5, 5.41) is 4.06. The lowest BCUT2D eigenvalue weighted by molar-refractivity contribution is 0.0490. The first-order chi connectivity index (χ1) is 9.94. The van der Waals surface area contributed by atoms with Crippen LogP contribution in [0.5, 0.6) is 5.88 Å². The molecule has 0 aromatic carbocycles. The Hall–Kier alpha value is -0.840. The van der Waals surface area contributed by atoms with Gasteiger partial charge in [-0.1, -0.05) is 11.6 Å². The fraction of sp³-hybridized carbons (Fsp3) is 0.688. The summed E-state index contributed by atoms with van der Waals surface area (Å²) >= 11 is 6.20. The van der Waals surface area contributed by atoms with Crippen LogP contribution in [0.1, 0.15) is 39.3 Å². The van der Waals surface area contributed by atoms with E-state index in [1.54, 1.807) is 0 Å². The van der Waals surface area contributed by atoms with E-state index in [9.17, 15) is 0 Å². The molecular formula is C16H25ClN2O2. The second-order valence-electron chi connectivity index (χ2n) is 6.55. The zero-order chi connectivity index (χ0) is 15.3. The number of halogens is 1. The molecule has 2 rings (SSSR count). The van der Waals surface area contributed by atoms with Crippen LogP contribution in [0.25, 0.3) is 0 Å². The van der Waals surface area contributed by atoms with Crippen LogP contribution in [0.2, 0.25) is 5.02 Å². The molecular weight excluding hydrogens is 288 g/mol. The first kappa shape index (κ1) is 16.5. The van der Waals surface area contributed by atoms with E-state index in [1.807, 2.05) is 12.1 Å². The van der Waals surface area contributed by atoms with Gasteiger partial charge in [0.15, 0.2) is 0 Å². The number of rotatable bonds is 5. The Labute approximate surface area is 132 Å². The Balaban J connectivity index is 1.91. The van der Waals surface area contributed by atoms with E-state index in [1.165, 1.54) is 0 Å². The molecule has 21 heavy (non-hydrogen) atoms. The van der Waals surface area contributed by atoms with E-state index in [4.69, 9.17) is 21.1 Å². The van der Waals surface area contributed by atoms with Crippen LogP contribution in [0.15, 0.2) is 12.1 Å². The molecule has 0 spiro atoms. The molecule has 118 valence electrons. The van der Waals surface area contributed by atoms with Gasteiger partial charge in [0.05, 0.1) is 17.3 Å². The molecule has 0 bridgehead atoms. The second kappa shape index (κ2) is 7.43. The van der Waals surface area contributed by atoms with Gasteiger partial charge in [0.25, 0.3) is 0 Å². The lowest BCUT2D eigenvalue weighted by atomic mass is 10.0. The Morgan fingerprint density at radius 1 is 1.33 bits per heavy atom. The zero-order valence-corrected chi connectivity index (χ0v) is 13.9. The fourth-order valence-electron chi connectivity index (χ4n) is 2.13. The summed E-state index contributed by atoms with van der Waals surface area (Å²) in [6.45, 7) is 9.36. The van der Waals surface area contributed by atoms with Crippen LogP contribution in [-0.4, -0.2) is 30.3 Å². The summed E-state index contributed by atoms with van der Waals surface area (Å²) in [7, 11) is 0. The fourth-order valence-corrected chi connectivity index (χ4v) is 2.31. The van der Waals surface area contributed by atoms with E-state index >= 15 is 0 Å². The molecule has 1 aromatic heterocycles. The van der Waals surface area contributed by atoms with Gasteiger partial charge < -0.3 is 14.8 Å². The number of aromatic nitrogens is 1. The lowest BCUT2D eigenvalue weighted by Gasteiger charge is -2.22. The molecule has 4 nitrogen and oxygen atoms in total. The molecule has 1 saturated heterocycles. The van der Waals surface area contributed by atoms with Crippen molar-refractivity contribution < 1.29 is 9.47 Å². The van der Waals surface area contributed by atoms with Gasteiger partial charge in [0.1, 0.15) is 0 Å². The van der Waals surface area contributed by atoms with E-state index in [2.05, 4.69) is 31.1 Å². The minimum atomic E-state index is 0.0317. The molecule has 2 heterocycles. The molecule has 0 unspecified atom stereocenters. The van der Waals surface area contributed by atoms with E-state index < -0.39 is 0 Å². The van der Waals surface area contributed by atoms with Crippen LogP contribution < -0.4 is 10.1 Å². The third-order valence-electron chi connectivity index (χ3n) is 3.49. The Bertz CT molecular complexity index is 454. The molecule has 1 fully saturated rings. The summed E-state index contributed by atoms with van der Waals surface area (Å²) in [6, 6.07) is 3.69. The maximum atomic E-state index is 6.20. The number of nitrogens with zero attached hydrogens (tertiary/aromatic N) is 1. The van der Waals surface area contributed by atoms with Gasteiger partial charge in [0, 0.05) is 31.4 Å². The van der Waals surface area contributed by atoms with Crippen LogP contribution in [0.4, 0.5) is 0 Å². The van der Waals surface area contributed by atoms with Crippen molar-refractivity contribution in [1.82, 2.24) is 10.3 Å².